The van der Waals surface area contributed by atoms with Gasteiger partial charge in [-0.25, -0.2) is 0 Å². The molecule has 0 amide bonds. The lowest BCUT2D eigenvalue weighted by molar-refractivity contribution is 0.361. The van der Waals surface area contributed by atoms with E-state index in [9.17, 15) is 0 Å². The third-order valence-corrected chi connectivity index (χ3v) is 4.30. The van der Waals surface area contributed by atoms with Crippen molar-refractivity contribution in [3.63, 3.8) is 0 Å². The molecule has 1 aromatic rings. The van der Waals surface area contributed by atoms with Crippen molar-refractivity contribution in [3.05, 3.63) is 21.3 Å². The Labute approximate surface area is 119 Å². The molecule has 2 N–H and O–H groups in total. The van der Waals surface area contributed by atoms with Crippen molar-refractivity contribution in [2.24, 2.45) is 5.92 Å². The summed E-state index contributed by atoms with van der Waals surface area (Å²) < 4.78 is 0.895. The third-order valence-electron chi connectivity index (χ3n) is 3.01. The maximum absolute atomic E-state index is 5.88. The molecule has 1 fully saturated rings. The number of nitrogens with one attached hydrogen (secondary N) is 2. The van der Waals surface area contributed by atoms with Gasteiger partial charge < -0.3 is 10.6 Å². The van der Waals surface area contributed by atoms with Gasteiger partial charge in [-0.1, -0.05) is 11.6 Å². The molecule has 0 saturated carbocycles. The smallest absolute Gasteiger partial charge is 0.0931 e. The van der Waals surface area contributed by atoms with E-state index in [1.54, 1.807) is 11.3 Å². The van der Waals surface area contributed by atoms with Gasteiger partial charge in [0.05, 0.1) is 4.34 Å². The molecule has 0 bridgehead atoms. The molecular weight excluding hydrogens is 275 g/mol. The van der Waals surface area contributed by atoms with Gasteiger partial charge in [0.2, 0.25) is 0 Å². The van der Waals surface area contributed by atoms with Gasteiger partial charge in [0.1, 0.15) is 0 Å². The highest BCUT2D eigenvalue weighted by Gasteiger charge is 2.11. The topological polar surface area (TPSA) is 24.1 Å². The second kappa shape index (κ2) is 8.33. The molecule has 1 saturated heterocycles. The number of rotatable bonds is 5. The van der Waals surface area contributed by atoms with Crippen LogP contribution in [0.5, 0.6) is 0 Å². The summed E-state index contributed by atoms with van der Waals surface area (Å²) in [6.07, 6.45) is 3.79. The average molecular weight is 295 g/mol. The molecule has 2 heterocycles. The zero-order chi connectivity index (χ0) is 11.2. The summed E-state index contributed by atoms with van der Waals surface area (Å²) >= 11 is 7.57. The van der Waals surface area contributed by atoms with Crippen LogP contribution in [0.1, 0.15) is 17.7 Å². The lowest BCUT2D eigenvalue weighted by atomic mass is 10.00. The fourth-order valence-electron chi connectivity index (χ4n) is 2.10. The molecular formula is C12H20Cl2N2S. The van der Waals surface area contributed by atoms with Crippen LogP contribution >= 0.6 is 35.3 Å². The van der Waals surface area contributed by atoms with Gasteiger partial charge in [0.15, 0.2) is 0 Å². The largest absolute Gasteiger partial charge is 0.316 e. The van der Waals surface area contributed by atoms with Crippen LogP contribution in [0, 0.1) is 5.92 Å². The highest BCUT2D eigenvalue weighted by Crippen LogP contribution is 2.21. The summed E-state index contributed by atoms with van der Waals surface area (Å²) in [5.41, 5.74) is 0. The average Bonchev–Trinajstić information content (AvgIpc) is 2.72. The quantitative estimate of drug-likeness (QED) is 0.816. The van der Waals surface area contributed by atoms with Crippen molar-refractivity contribution in [1.29, 1.82) is 0 Å². The van der Waals surface area contributed by atoms with Gasteiger partial charge in [-0.05, 0) is 63.5 Å². The lowest BCUT2D eigenvalue weighted by Crippen LogP contribution is -2.36. The summed E-state index contributed by atoms with van der Waals surface area (Å²) in [6.45, 7) is 4.58. The van der Waals surface area contributed by atoms with E-state index in [-0.39, 0.29) is 12.4 Å². The van der Waals surface area contributed by atoms with Gasteiger partial charge >= 0.3 is 0 Å². The fourth-order valence-corrected chi connectivity index (χ4v) is 3.19. The number of hydrogen-bond acceptors (Lipinski definition) is 3. The minimum Gasteiger partial charge on any atom is -0.316 e. The van der Waals surface area contributed by atoms with Gasteiger partial charge in [0, 0.05) is 4.88 Å². The van der Waals surface area contributed by atoms with Crippen LogP contribution in [0.3, 0.4) is 0 Å². The molecule has 1 aliphatic heterocycles. The summed E-state index contributed by atoms with van der Waals surface area (Å²) in [5.74, 6) is 0.820. The fraction of sp³-hybridized carbons (Fsp3) is 0.667. The van der Waals surface area contributed by atoms with Gasteiger partial charge in [-0.3, -0.25) is 0 Å². The van der Waals surface area contributed by atoms with Crippen molar-refractivity contribution in [2.75, 3.05) is 26.2 Å². The Morgan fingerprint density at radius 3 is 3.00 bits per heavy atom. The van der Waals surface area contributed by atoms with E-state index in [4.69, 9.17) is 11.6 Å². The molecule has 1 aliphatic rings. The zero-order valence-corrected chi connectivity index (χ0v) is 12.3. The summed E-state index contributed by atoms with van der Waals surface area (Å²) in [6, 6.07) is 4.10. The van der Waals surface area contributed by atoms with E-state index in [0.29, 0.717) is 0 Å². The number of hydrogen-bond donors (Lipinski definition) is 2. The molecule has 2 nitrogen and oxygen atoms in total. The number of halogens is 2. The van der Waals surface area contributed by atoms with Crippen molar-refractivity contribution in [3.8, 4) is 0 Å². The Morgan fingerprint density at radius 2 is 2.35 bits per heavy atom. The van der Waals surface area contributed by atoms with Crippen molar-refractivity contribution >= 4 is 35.3 Å². The van der Waals surface area contributed by atoms with Crippen LogP contribution in [0.15, 0.2) is 12.1 Å². The maximum atomic E-state index is 5.88. The first-order valence-electron chi connectivity index (χ1n) is 6.00. The third kappa shape index (κ3) is 5.58. The lowest BCUT2D eigenvalue weighted by Gasteiger charge is -2.22. The van der Waals surface area contributed by atoms with E-state index in [2.05, 4.69) is 16.7 Å². The normalized spacial score (nSPS) is 19.9. The first-order valence-corrected chi connectivity index (χ1v) is 7.19. The molecule has 0 radical (unpaired) electrons. The van der Waals surface area contributed by atoms with Crippen LogP contribution in [-0.2, 0) is 6.42 Å². The molecule has 17 heavy (non-hydrogen) atoms. The molecule has 1 unspecified atom stereocenters. The predicted octanol–water partition coefficient (Wildman–Crippen LogP) is 2.96. The standard InChI is InChI=1S/C12H19ClN2S.ClH/c13-12-4-3-11(16-12)5-7-15-9-10-2-1-6-14-8-10;/h3-4,10,14-15H,1-2,5-9H2;1H. The Bertz CT molecular complexity index is 311. The Balaban J connectivity index is 0.00000144. The molecule has 1 aromatic heterocycles. The van der Waals surface area contributed by atoms with Crippen LogP contribution in [0.4, 0.5) is 0 Å². The van der Waals surface area contributed by atoms with E-state index < -0.39 is 0 Å². The minimum absolute atomic E-state index is 0. The highest BCUT2D eigenvalue weighted by molar-refractivity contribution is 7.16. The highest BCUT2D eigenvalue weighted by atomic mass is 35.5. The van der Waals surface area contributed by atoms with Crippen LogP contribution in [-0.4, -0.2) is 26.2 Å². The van der Waals surface area contributed by atoms with Gasteiger partial charge in [-0.2, -0.15) is 0 Å². The molecule has 5 heteroatoms. The Kier molecular flexibility index (Phi) is 7.47. The molecule has 1 atom stereocenters. The summed E-state index contributed by atoms with van der Waals surface area (Å²) in [5, 5.41) is 6.98. The van der Waals surface area contributed by atoms with E-state index in [1.807, 2.05) is 6.07 Å². The predicted molar refractivity (Wildman–Crippen MR) is 78.7 cm³/mol. The molecule has 0 spiro atoms. The molecule has 98 valence electrons. The molecule has 0 aliphatic carbocycles. The first kappa shape index (κ1) is 15.3. The number of piperidine rings is 1. The minimum atomic E-state index is 0. The van der Waals surface area contributed by atoms with Gasteiger partial charge in [-0.15, -0.1) is 23.7 Å². The van der Waals surface area contributed by atoms with Crippen LogP contribution < -0.4 is 10.6 Å². The van der Waals surface area contributed by atoms with Gasteiger partial charge in [0.25, 0.3) is 0 Å². The van der Waals surface area contributed by atoms with E-state index >= 15 is 0 Å². The Hall–Kier alpha value is 0.200. The SMILES string of the molecule is Cl.Clc1ccc(CCNCC2CCCNC2)s1. The monoisotopic (exact) mass is 294 g/mol. The Morgan fingerprint density at radius 1 is 1.47 bits per heavy atom. The van der Waals surface area contributed by atoms with Crippen molar-refractivity contribution in [1.82, 2.24) is 10.6 Å². The summed E-state index contributed by atoms with van der Waals surface area (Å²) in [4.78, 5) is 1.37. The maximum Gasteiger partial charge on any atom is 0.0931 e. The zero-order valence-electron chi connectivity index (χ0n) is 9.88. The second-order valence-corrected chi connectivity index (χ2v) is 6.17. The molecule has 0 aromatic carbocycles. The van der Waals surface area contributed by atoms with Crippen molar-refractivity contribution < 1.29 is 0 Å². The van der Waals surface area contributed by atoms with Crippen LogP contribution in [0.25, 0.3) is 0 Å². The van der Waals surface area contributed by atoms with E-state index in [1.165, 1.54) is 30.8 Å². The van der Waals surface area contributed by atoms with E-state index in [0.717, 1.165) is 29.8 Å². The number of thiophene rings is 1. The second-order valence-electron chi connectivity index (χ2n) is 4.37. The van der Waals surface area contributed by atoms with Crippen LogP contribution in [0.2, 0.25) is 4.34 Å². The first-order chi connectivity index (χ1) is 7.84. The summed E-state index contributed by atoms with van der Waals surface area (Å²) in [7, 11) is 0. The molecule has 2 rings (SSSR count). The van der Waals surface area contributed by atoms with Crippen molar-refractivity contribution in [2.45, 2.75) is 19.3 Å².